The Hall–Kier alpha value is -1.48. The summed E-state index contributed by atoms with van der Waals surface area (Å²) in [6.07, 6.45) is 9.93. The van der Waals surface area contributed by atoms with Gasteiger partial charge in [0.25, 0.3) is 0 Å². The first-order chi connectivity index (χ1) is 11.4. The van der Waals surface area contributed by atoms with Gasteiger partial charge in [-0.1, -0.05) is 19.8 Å². The van der Waals surface area contributed by atoms with Gasteiger partial charge in [-0.2, -0.15) is 0 Å². The standard InChI is InChI=1S/C20H30N2O/c1-2-3-14-22-15-10-18-17-19(8-9-20(18)22)23-16-7-13-21-11-5-4-6-12-21/h8-10,15,17H,2-7,11-14,16H2,1H3. The molecule has 23 heavy (non-hydrogen) atoms. The van der Waals surface area contributed by atoms with Gasteiger partial charge >= 0.3 is 0 Å². The first-order valence-electron chi connectivity index (χ1n) is 9.31. The second kappa shape index (κ2) is 8.39. The third-order valence-corrected chi connectivity index (χ3v) is 4.83. The maximum absolute atomic E-state index is 5.96. The number of likely N-dealkylation sites (tertiary alicyclic amines) is 1. The van der Waals surface area contributed by atoms with Crippen molar-refractivity contribution in [3.63, 3.8) is 0 Å². The minimum Gasteiger partial charge on any atom is -0.494 e. The lowest BCUT2D eigenvalue weighted by Crippen LogP contribution is -2.31. The summed E-state index contributed by atoms with van der Waals surface area (Å²) in [6, 6.07) is 8.70. The first-order valence-corrected chi connectivity index (χ1v) is 9.31. The second-order valence-electron chi connectivity index (χ2n) is 6.69. The predicted molar refractivity (Wildman–Crippen MR) is 97.2 cm³/mol. The van der Waals surface area contributed by atoms with Crippen molar-refractivity contribution in [3.8, 4) is 5.75 Å². The van der Waals surface area contributed by atoms with Crippen LogP contribution in [0, 0.1) is 0 Å². The molecule has 126 valence electrons. The Morgan fingerprint density at radius 3 is 2.70 bits per heavy atom. The average Bonchev–Trinajstić information content (AvgIpc) is 3.00. The molecule has 1 saturated heterocycles. The lowest BCUT2D eigenvalue weighted by Gasteiger charge is -2.26. The smallest absolute Gasteiger partial charge is 0.120 e. The molecular formula is C20H30N2O. The topological polar surface area (TPSA) is 17.4 Å². The van der Waals surface area contributed by atoms with E-state index in [-0.39, 0.29) is 0 Å². The average molecular weight is 314 g/mol. The third-order valence-electron chi connectivity index (χ3n) is 4.83. The van der Waals surface area contributed by atoms with Crippen LogP contribution in [-0.4, -0.2) is 35.7 Å². The van der Waals surface area contributed by atoms with Crippen molar-refractivity contribution in [2.75, 3.05) is 26.2 Å². The molecule has 1 aliphatic rings. The molecule has 3 heteroatoms. The van der Waals surface area contributed by atoms with Gasteiger partial charge in [-0.3, -0.25) is 0 Å². The maximum atomic E-state index is 5.96. The number of unbranched alkanes of at least 4 members (excludes halogenated alkanes) is 1. The van der Waals surface area contributed by atoms with Crippen LogP contribution in [0.15, 0.2) is 30.5 Å². The lowest BCUT2D eigenvalue weighted by molar-refractivity contribution is 0.205. The van der Waals surface area contributed by atoms with Gasteiger partial charge in [0.2, 0.25) is 0 Å². The molecule has 0 atom stereocenters. The predicted octanol–water partition coefficient (Wildman–Crippen LogP) is 4.70. The van der Waals surface area contributed by atoms with E-state index < -0.39 is 0 Å². The van der Waals surface area contributed by atoms with E-state index >= 15 is 0 Å². The number of ether oxygens (including phenoxy) is 1. The number of piperidine rings is 1. The molecule has 1 aromatic carbocycles. The summed E-state index contributed by atoms with van der Waals surface area (Å²) < 4.78 is 8.31. The van der Waals surface area contributed by atoms with Crippen molar-refractivity contribution in [1.29, 1.82) is 0 Å². The number of nitrogens with zero attached hydrogens (tertiary/aromatic N) is 2. The van der Waals surface area contributed by atoms with Gasteiger partial charge in [0.1, 0.15) is 5.75 Å². The van der Waals surface area contributed by atoms with Crippen LogP contribution < -0.4 is 4.74 Å². The van der Waals surface area contributed by atoms with E-state index in [9.17, 15) is 0 Å². The molecule has 2 heterocycles. The van der Waals surface area contributed by atoms with Crippen molar-refractivity contribution < 1.29 is 4.74 Å². The highest BCUT2D eigenvalue weighted by Gasteiger charge is 2.09. The van der Waals surface area contributed by atoms with Crippen LogP contribution >= 0.6 is 0 Å². The molecule has 1 aromatic heterocycles. The van der Waals surface area contributed by atoms with E-state index in [1.807, 2.05) is 0 Å². The van der Waals surface area contributed by atoms with Gasteiger partial charge in [0.05, 0.1) is 6.61 Å². The van der Waals surface area contributed by atoms with E-state index in [0.29, 0.717) is 0 Å². The Balaban J connectivity index is 1.48. The molecule has 0 bridgehead atoms. The molecule has 3 rings (SSSR count). The van der Waals surface area contributed by atoms with Gasteiger partial charge in [-0.15, -0.1) is 0 Å². The monoisotopic (exact) mass is 314 g/mol. The van der Waals surface area contributed by atoms with Crippen LogP contribution in [0.1, 0.15) is 45.4 Å². The number of hydrogen-bond acceptors (Lipinski definition) is 2. The fourth-order valence-electron chi connectivity index (χ4n) is 3.45. The zero-order chi connectivity index (χ0) is 15.9. The number of aromatic nitrogens is 1. The lowest BCUT2D eigenvalue weighted by atomic mass is 10.1. The Labute approximate surface area is 140 Å². The largest absolute Gasteiger partial charge is 0.494 e. The molecule has 1 aliphatic heterocycles. The van der Waals surface area contributed by atoms with E-state index in [0.717, 1.165) is 25.3 Å². The van der Waals surface area contributed by atoms with Crippen LogP contribution in [0.2, 0.25) is 0 Å². The molecule has 0 radical (unpaired) electrons. The Kier molecular flexibility index (Phi) is 5.98. The first kappa shape index (κ1) is 16.4. The Morgan fingerprint density at radius 1 is 1.00 bits per heavy atom. The zero-order valence-electron chi connectivity index (χ0n) is 14.5. The van der Waals surface area contributed by atoms with E-state index in [1.165, 1.54) is 62.6 Å². The third kappa shape index (κ3) is 4.51. The van der Waals surface area contributed by atoms with Crippen LogP contribution in [0.25, 0.3) is 10.9 Å². The molecule has 2 aromatic rings. The van der Waals surface area contributed by atoms with Crippen LogP contribution in [0.3, 0.4) is 0 Å². The molecule has 0 N–H and O–H groups in total. The molecule has 0 aliphatic carbocycles. The number of benzene rings is 1. The van der Waals surface area contributed by atoms with Gasteiger partial charge in [-0.05, 0) is 63.0 Å². The van der Waals surface area contributed by atoms with Crippen molar-refractivity contribution >= 4 is 10.9 Å². The van der Waals surface area contributed by atoms with Crippen LogP contribution in [0.4, 0.5) is 0 Å². The number of fused-ring (bicyclic) bond motifs is 1. The molecule has 0 amide bonds. The second-order valence-corrected chi connectivity index (χ2v) is 6.69. The summed E-state index contributed by atoms with van der Waals surface area (Å²) in [5, 5.41) is 1.29. The van der Waals surface area contributed by atoms with E-state index in [2.05, 4.69) is 46.9 Å². The van der Waals surface area contributed by atoms with Gasteiger partial charge < -0.3 is 14.2 Å². The normalized spacial score (nSPS) is 16.0. The highest BCUT2D eigenvalue weighted by molar-refractivity contribution is 5.81. The summed E-state index contributed by atoms with van der Waals surface area (Å²) in [7, 11) is 0. The van der Waals surface area contributed by atoms with Gasteiger partial charge in [0, 0.05) is 30.2 Å². The van der Waals surface area contributed by atoms with Crippen LogP contribution in [0.5, 0.6) is 5.75 Å². The van der Waals surface area contributed by atoms with Gasteiger partial charge in [-0.25, -0.2) is 0 Å². The van der Waals surface area contributed by atoms with E-state index in [4.69, 9.17) is 4.74 Å². The quantitative estimate of drug-likeness (QED) is 0.657. The molecule has 0 saturated carbocycles. The van der Waals surface area contributed by atoms with Crippen LogP contribution in [-0.2, 0) is 6.54 Å². The number of aryl methyl sites for hydroxylation is 1. The van der Waals surface area contributed by atoms with Gasteiger partial charge in [0.15, 0.2) is 0 Å². The fourth-order valence-corrected chi connectivity index (χ4v) is 3.45. The maximum Gasteiger partial charge on any atom is 0.120 e. The fraction of sp³-hybridized carbons (Fsp3) is 0.600. The van der Waals surface area contributed by atoms with Crippen molar-refractivity contribution in [2.24, 2.45) is 0 Å². The van der Waals surface area contributed by atoms with Crippen molar-refractivity contribution in [3.05, 3.63) is 30.5 Å². The number of rotatable bonds is 8. The SMILES string of the molecule is CCCCn1ccc2cc(OCCCN3CCCCC3)ccc21. The minimum absolute atomic E-state index is 0.818. The molecule has 0 unspecified atom stereocenters. The highest BCUT2D eigenvalue weighted by Crippen LogP contribution is 2.22. The molecular weight excluding hydrogens is 284 g/mol. The van der Waals surface area contributed by atoms with E-state index in [1.54, 1.807) is 0 Å². The highest BCUT2D eigenvalue weighted by atomic mass is 16.5. The zero-order valence-corrected chi connectivity index (χ0v) is 14.5. The molecule has 3 nitrogen and oxygen atoms in total. The Morgan fingerprint density at radius 2 is 1.87 bits per heavy atom. The van der Waals surface area contributed by atoms with Crippen molar-refractivity contribution in [2.45, 2.75) is 52.0 Å². The molecule has 0 spiro atoms. The molecule has 1 fully saturated rings. The summed E-state index contributed by atoms with van der Waals surface area (Å²) in [5.74, 6) is 1.00. The Bertz CT molecular complexity index is 599. The minimum atomic E-state index is 0.818. The van der Waals surface area contributed by atoms with Crippen molar-refractivity contribution in [1.82, 2.24) is 9.47 Å². The summed E-state index contributed by atoms with van der Waals surface area (Å²) in [4.78, 5) is 2.57. The number of hydrogen-bond donors (Lipinski definition) is 0. The summed E-state index contributed by atoms with van der Waals surface area (Å²) in [5.41, 5.74) is 1.32. The summed E-state index contributed by atoms with van der Waals surface area (Å²) in [6.45, 7) is 7.89. The summed E-state index contributed by atoms with van der Waals surface area (Å²) >= 11 is 0.